The predicted molar refractivity (Wildman–Crippen MR) is 91.5 cm³/mol. The maximum absolute atomic E-state index is 12.9. The number of rotatable bonds is 7. The summed E-state index contributed by atoms with van der Waals surface area (Å²) in [6.45, 7) is 2.94. The second kappa shape index (κ2) is 7.98. The molecule has 3 rings (SSSR count). The lowest BCUT2D eigenvalue weighted by atomic mass is 10.2. The number of thioether (sulfide) groups is 1. The zero-order chi connectivity index (χ0) is 17.6. The quantitative estimate of drug-likeness (QED) is 0.655. The number of halogens is 1. The van der Waals surface area contributed by atoms with Gasteiger partial charge >= 0.3 is 0 Å². The lowest BCUT2D eigenvalue weighted by Gasteiger charge is -2.08. The molecule has 6 nitrogen and oxygen atoms in total. The second-order valence-electron chi connectivity index (χ2n) is 5.22. The van der Waals surface area contributed by atoms with E-state index >= 15 is 0 Å². The van der Waals surface area contributed by atoms with Gasteiger partial charge in [0, 0.05) is 12.3 Å². The van der Waals surface area contributed by atoms with Crippen LogP contribution in [0.25, 0.3) is 0 Å². The van der Waals surface area contributed by atoms with E-state index in [9.17, 15) is 9.18 Å². The van der Waals surface area contributed by atoms with Gasteiger partial charge in [0.15, 0.2) is 16.7 Å². The molecule has 0 aliphatic heterocycles. The van der Waals surface area contributed by atoms with Crippen molar-refractivity contribution >= 4 is 17.7 Å². The fraction of sp³-hybridized carbons (Fsp3) is 0.235. The molecule has 1 amide bonds. The Kier molecular flexibility index (Phi) is 5.49. The van der Waals surface area contributed by atoms with Crippen LogP contribution < -0.4 is 5.32 Å². The highest BCUT2D eigenvalue weighted by Gasteiger charge is 2.14. The van der Waals surface area contributed by atoms with Gasteiger partial charge in [-0.3, -0.25) is 4.79 Å². The molecule has 0 atom stereocenters. The molecular formula is C17H17FN4O2S. The maximum atomic E-state index is 12.9. The van der Waals surface area contributed by atoms with Crippen LogP contribution in [0.15, 0.2) is 52.2 Å². The molecule has 0 fully saturated rings. The third-order valence-electron chi connectivity index (χ3n) is 3.54. The lowest BCUT2D eigenvalue weighted by Crippen LogP contribution is -2.24. The molecule has 0 aliphatic carbocycles. The van der Waals surface area contributed by atoms with Crippen LogP contribution in [0.3, 0.4) is 0 Å². The monoisotopic (exact) mass is 360 g/mol. The van der Waals surface area contributed by atoms with Crippen LogP contribution in [0.5, 0.6) is 0 Å². The lowest BCUT2D eigenvalue weighted by molar-refractivity contribution is 0.0921. The number of carbonyl (C=O) groups excluding carboxylic acids is 1. The average molecular weight is 360 g/mol. The Labute approximate surface area is 148 Å². The number of amides is 1. The Morgan fingerprint density at radius 3 is 2.76 bits per heavy atom. The Hall–Kier alpha value is -2.61. The molecule has 0 saturated heterocycles. The van der Waals surface area contributed by atoms with Crippen molar-refractivity contribution in [2.75, 3.05) is 0 Å². The van der Waals surface area contributed by atoms with Gasteiger partial charge in [0.1, 0.15) is 5.82 Å². The maximum Gasteiger partial charge on any atom is 0.287 e. The number of furan rings is 1. The summed E-state index contributed by atoms with van der Waals surface area (Å²) in [5.74, 6) is 1.05. The molecule has 2 heterocycles. The van der Waals surface area contributed by atoms with Crippen molar-refractivity contribution in [3.05, 3.63) is 65.6 Å². The number of benzene rings is 1. The van der Waals surface area contributed by atoms with Crippen molar-refractivity contribution in [3.63, 3.8) is 0 Å². The minimum absolute atomic E-state index is 0.250. The highest BCUT2D eigenvalue weighted by atomic mass is 32.2. The van der Waals surface area contributed by atoms with Crippen LogP contribution in [0, 0.1) is 5.82 Å². The number of nitrogens with one attached hydrogen (secondary N) is 1. The summed E-state index contributed by atoms with van der Waals surface area (Å²) in [7, 11) is 0. The summed E-state index contributed by atoms with van der Waals surface area (Å²) in [6, 6.07) is 9.64. The molecule has 1 aromatic carbocycles. The zero-order valence-corrected chi connectivity index (χ0v) is 14.4. The first-order chi connectivity index (χ1) is 12.2. The van der Waals surface area contributed by atoms with E-state index in [1.165, 1.54) is 30.2 Å². The molecular weight excluding hydrogens is 343 g/mol. The van der Waals surface area contributed by atoms with Crippen molar-refractivity contribution < 1.29 is 13.6 Å². The van der Waals surface area contributed by atoms with Gasteiger partial charge in [-0.25, -0.2) is 4.39 Å². The van der Waals surface area contributed by atoms with Gasteiger partial charge in [-0.15, -0.1) is 10.2 Å². The van der Waals surface area contributed by atoms with Crippen molar-refractivity contribution in [2.24, 2.45) is 0 Å². The standard InChI is InChI=1S/C17H17FN4O2S/c1-2-22-15(10-19-16(23)14-4-3-9-24-14)20-21-17(22)25-11-12-5-7-13(18)8-6-12/h3-9H,2,10-11H2,1H3,(H,19,23). The molecule has 2 aromatic heterocycles. The molecule has 0 bridgehead atoms. The van der Waals surface area contributed by atoms with Gasteiger partial charge in [0.25, 0.3) is 5.91 Å². The van der Waals surface area contributed by atoms with Crippen LogP contribution in [0.1, 0.15) is 28.9 Å². The van der Waals surface area contributed by atoms with Crippen molar-refractivity contribution in [2.45, 2.75) is 30.9 Å². The zero-order valence-electron chi connectivity index (χ0n) is 13.6. The van der Waals surface area contributed by atoms with Crippen LogP contribution in [-0.2, 0) is 18.8 Å². The molecule has 0 saturated carbocycles. The number of hydrogen-bond acceptors (Lipinski definition) is 5. The number of carbonyl (C=O) groups is 1. The smallest absolute Gasteiger partial charge is 0.287 e. The summed E-state index contributed by atoms with van der Waals surface area (Å²) in [4.78, 5) is 11.9. The first-order valence-electron chi connectivity index (χ1n) is 7.78. The molecule has 8 heteroatoms. The average Bonchev–Trinajstić information content (AvgIpc) is 3.29. The van der Waals surface area contributed by atoms with E-state index in [1.54, 1.807) is 24.3 Å². The third-order valence-corrected chi connectivity index (χ3v) is 4.58. The summed E-state index contributed by atoms with van der Waals surface area (Å²) >= 11 is 1.52. The Morgan fingerprint density at radius 1 is 1.28 bits per heavy atom. The normalized spacial score (nSPS) is 10.8. The topological polar surface area (TPSA) is 73.0 Å². The number of nitrogens with zero attached hydrogens (tertiary/aromatic N) is 3. The third kappa shape index (κ3) is 4.27. The van der Waals surface area contributed by atoms with E-state index in [-0.39, 0.29) is 24.0 Å². The van der Waals surface area contributed by atoms with Crippen molar-refractivity contribution in [3.8, 4) is 0 Å². The second-order valence-corrected chi connectivity index (χ2v) is 6.16. The Morgan fingerprint density at radius 2 is 2.08 bits per heavy atom. The van der Waals surface area contributed by atoms with E-state index in [0.717, 1.165) is 10.7 Å². The van der Waals surface area contributed by atoms with Crippen molar-refractivity contribution in [1.29, 1.82) is 0 Å². The summed E-state index contributed by atoms with van der Waals surface area (Å²) in [5, 5.41) is 11.9. The van der Waals surface area contributed by atoms with Gasteiger partial charge < -0.3 is 14.3 Å². The summed E-state index contributed by atoms with van der Waals surface area (Å²) in [5.41, 5.74) is 1.00. The summed E-state index contributed by atoms with van der Waals surface area (Å²) in [6.07, 6.45) is 1.45. The van der Waals surface area contributed by atoms with Gasteiger partial charge in [-0.05, 0) is 36.8 Å². The Balaban J connectivity index is 1.62. The van der Waals surface area contributed by atoms with Gasteiger partial charge in [0.2, 0.25) is 0 Å². The molecule has 0 radical (unpaired) electrons. The molecule has 130 valence electrons. The van der Waals surface area contributed by atoms with Gasteiger partial charge in [0.05, 0.1) is 12.8 Å². The molecule has 0 aliphatic rings. The molecule has 25 heavy (non-hydrogen) atoms. The summed E-state index contributed by atoms with van der Waals surface area (Å²) < 4.78 is 19.9. The fourth-order valence-corrected chi connectivity index (χ4v) is 3.23. The largest absolute Gasteiger partial charge is 0.459 e. The van der Waals surface area contributed by atoms with E-state index in [2.05, 4.69) is 15.5 Å². The minimum atomic E-state index is -0.295. The van der Waals surface area contributed by atoms with E-state index in [1.807, 2.05) is 11.5 Å². The van der Waals surface area contributed by atoms with Gasteiger partial charge in [-0.1, -0.05) is 23.9 Å². The van der Waals surface area contributed by atoms with E-state index in [0.29, 0.717) is 18.1 Å². The van der Waals surface area contributed by atoms with Crippen LogP contribution in [0.4, 0.5) is 4.39 Å². The highest BCUT2D eigenvalue weighted by molar-refractivity contribution is 7.98. The van der Waals surface area contributed by atoms with Crippen molar-refractivity contribution in [1.82, 2.24) is 20.1 Å². The molecule has 0 unspecified atom stereocenters. The van der Waals surface area contributed by atoms with Crippen LogP contribution in [-0.4, -0.2) is 20.7 Å². The molecule has 3 aromatic rings. The predicted octanol–water partition coefficient (Wildman–Crippen LogP) is 3.25. The first-order valence-corrected chi connectivity index (χ1v) is 8.77. The van der Waals surface area contributed by atoms with E-state index in [4.69, 9.17) is 4.42 Å². The van der Waals surface area contributed by atoms with Crippen LogP contribution in [0.2, 0.25) is 0 Å². The first kappa shape index (κ1) is 17.2. The highest BCUT2D eigenvalue weighted by Crippen LogP contribution is 2.22. The number of hydrogen-bond donors (Lipinski definition) is 1. The minimum Gasteiger partial charge on any atom is -0.459 e. The molecule has 1 N–H and O–H groups in total. The van der Waals surface area contributed by atoms with Crippen LogP contribution >= 0.6 is 11.8 Å². The number of aromatic nitrogens is 3. The Bertz CT molecular complexity index is 831. The fourth-order valence-electron chi connectivity index (χ4n) is 2.26. The molecule has 0 spiro atoms. The van der Waals surface area contributed by atoms with E-state index < -0.39 is 0 Å². The van der Waals surface area contributed by atoms with Gasteiger partial charge in [-0.2, -0.15) is 0 Å². The SMILES string of the molecule is CCn1c(CNC(=O)c2ccco2)nnc1SCc1ccc(F)cc1.